The quantitative estimate of drug-likeness (QED) is 0.568. The van der Waals surface area contributed by atoms with Crippen LogP contribution in [0.3, 0.4) is 0 Å². The van der Waals surface area contributed by atoms with Crippen molar-refractivity contribution >= 4 is 40.3 Å². The van der Waals surface area contributed by atoms with Crippen LogP contribution in [0, 0.1) is 0 Å². The molecule has 1 aromatic heterocycles. The van der Waals surface area contributed by atoms with E-state index in [0.29, 0.717) is 9.23 Å². The molecule has 1 aromatic rings. The van der Waals surface area contributed by atoms with Gasteiger partial charge in [-0.3, -0.25) is 4.79 Å². The molecule has 0 aromatic carbocycles. The maximum Gasteiger partial charge on any atom is 0.263 e. The van der Waals surface area contributed by atoms with E-state index >= 15 is 0 Å². The molecule has 0 aliphatic carbocycles. The van der Waals surface area contributed by atoms with Crippen molar-refractivity contribution in [3.05, 3.63) is 29.1 Å². The molecule has 2 rings (SSSR count). The Hall–Kier alpha value is -1.07. The predicted octanol–water partition coefficient (Wildman–Crippen LogP) is 1.77. The van der Waals surface area contributed by atoms with Crippen molar-refractivity contribution in [1.82, 2.24) is 5.32 Å². The Morgan fingerprint density at radius 2 is 2.46 bits per heavy atom. The van der Waals surface area contributed by atoms with E-state index in [1.54, 1.807) is 24.7 Å². The Balaban J connectivity index is 2.27. The van der Waals surface area contributed by atoms with Gasteiger partial charge in [0.2, 0.25) is 0 Å². The summed E-state index contributed by atoms with van der Waals surface area (Å²) in [6, 6.07) is 1.78. The molecule has 1 amide bonds. The molecule has 66 valence electrons. The van der Waals surface area contributed by atoms with E-state index in [1.165, 1.54) is 11.8 Å². The number of hydrogen-bond acceptors (Lipinski definition) is 4. The first-order chi connectivity index (χ1) is 6.25. The number of thiocarbonyl (C=S) groups is 1. The van der Waals surface area contributed by atoms with Crippen LogP contribution in [0.5, 0.6) is 0 Å². The van der Waals surface area contributed by atoms with Gasteiger partial charge in [0.1, 0.15) is 4.32 Å². The third-order valence-corrected chi connectivity index (χ3v) is 2.65. The summed E-state index contributed by atoms with van der Waals surface area (Å²) < 4.78 is 5.37. The molecule has 1 saturated heterocycles. The van der Waals surface area contributed by atoms with Crippen LogP contribution in [0.1, 0.15) is 5.56 Å². The largest absolute Gasteiger partial charge is 0.472 e. The van der Waals surface area contributed by atoms with Gasteiger partial charge >= 0.3 is 0 Å². The minimum Gasteiger partial charge on any atom is -0.472 e. The van der Waals surface area contributed by atoms with Gasteiger partial charge in [0, 0.05) is 5.56 Å². The predicted molar refractivity (Wildman–Crippen MR) is 55.0 cm³/mol. The number of furan rings is 1. The third kappa shape index (κ3) is 1.81. The van der Waals surface area contributed by atoms with E-state index in [0.717, 1.165) is 5.56 Å². The standard InChI is InChI=1S/C8H5NO2S2/c10-7-6(13-8(12)9-7)3-5-1-2-11-4-5/h1-4H,(H,9,10,12)/b6-3-. The number of rotatable bonds is 1. The van der Waals surface area contributed by atoms with Gasteiger partial charge in [-0.25, -0.2) is 0 Å². The van der Waals surface area contributed by atoms with Crippen LogP contribution >= 0.6 is 24.0 Å². The highest BCUT2D eigenvalue weighted by Gasteiger charge is 2.21. The number of carbonyl (C=O) groups is 1. The topological polar surface area (TPSA) is 42.2 Å². The van der Waals surface area contributed by atoms with Gasteiger partial charge in [-0.2, -0.15) is 0 Å². The van der Waals surface area contributed by atoms with E-state index in [9.17, 15) is 4.79 Å². The van der Waals surface area contributed by atoms with Crippen molar-refractivity contribution in [3.8, 4) is 0 Å². The molecule has 0 spiro atoms. The number of thioether (sulfide) groups is 1. The van der Waals surface area contributed by atoms with Crippen molar-refractivity contribution < 1.29 is 9.21 Å². The fourth-order valence-electron chi connectivity index (χ4n) is 0.930. The molecule has 1 aliphatic heterocycles. The van der Waals surface area contributed by atoms with Crippen LogP contribution < -0.4 is 5.32 Å². The van der Waals surface area contributed by atoms with Gasteiger partial charge in [0.15, 0.2) is 0 Å². The lowest BCUT2D eigenvalue weighted by Gasteiger charge is -1.87. The SMILES string of the molecule is O=C1NC(=S)S/C1=C\c1ccoc1. The van der Waals surface area contributed by atoms with Crippen molar-refractivity contribution in [2.45, 2.75) is 0 Å². The van der Waals surface area contributed by atoms with Gasteiger partial charge in [-0.1, -0.05) is 24.0 Å². The Labute approximate surface area is 84.2 Å². The van der Waals surface area contributed by atoms with Gasteiger partial charge in [-0.15, -0.1) is 0 Å². The zero-order valence-electron chi connectivity index (χ0n) is 6.44. The molecule has 0 atom stereocenters. The molecule has 3 nitrogen and oxygen atoms in total. The second-order valence-corrected chi connectivity index (χ2v) is 4.13. The Bertz CT molecular complexity index is 381. The van der Waals surface area contributed by atoms with Crippen LogP contribution in [0.2, 0.25) is 0 Å². The monoisotopic (exact) mass is 211 g/mol. The fraction of sp³-hybridized carbons (Fsp3) is 0. The normalized spacial score (nSPS) is 19.5. The lowest BCUT2D eigenvalue weighted by Crippen LogP contribution is -2.17. The molecular formula is C8H5NO2S2. The summed E-state index contributed by atoms with van der Waals surface area (Å²) in [4.78, 5) is 11.8. The molecule has 13 heavy (non-hydrogen) atoms. The molecule has 0 unspecified atom stereocenters. The molecular weight excluding hydrogens is 206 g/mol. The van der Waals surface area contributed by atoms with Crippen LogP contribution in [0.15, 0.2) is 27.9 Å². The van der Waals surface area contributed by atoms with Crippen LogP contribution in [0.4, 0.5) is 0 Å². The van der Waals surface area contributed by atoms with E-state index in [2.05, 4.69) is 5.32 Å². The highest BCUT2D eigenvalue weighted by Crippen LogP contribution is 2.25. The molecule has 1 aliphatic rings. The Kier molecular flexibility index (Phi) is 2.20. The number of hydrogen-bond donors (Lipinski definition) is 1. The third-order valence-electron chi connectivity index (χ3n) is 1.48. The molecule has 1 fully saturated rings. The molecule has 0 radical (unpaired) electrons. The van der Waals surface area contributed by atoms with E-state index in [4.69, 9.17) is 16.6 Å². The number of nitrogens with one attached hydrogen (secondary N) is 1. The summed E-state index contributed by atoms with van der Waals surface area (Å²) in [5.74, 6) is -0.142. The zero-order chi connectivity index (χ0) is 9.26. The Morgan fingerprint density at radius 3 is 3.00 bits per heavy atom. The lowest BCUT2D eigenvalue weighted by atomic mass is 10.3. The minimum atomic E-state index is -0.142. The molecule has 0 saturated carbocycles. The summed E-state index contributed by atoms with van der Waals surface area (Å²) in [6.45, 7) is 0. The van der Waals surface area contributed by atoms with Gasteiger partial charge in [0.25, 0.3) is 5.91 Å². The summed E-state index contributed by atoms with van der Waals surface area (Å²) in [5, 5.41) is 2.54. The first kappa shape index (κ1) is 8.52. The average molecular weight is 211 g/mol. The Morgan fingerprint density at radius 1 is 1.62 bits per heavy atom. The average Bonchev–Trinajstić information content (AvgIpc) is 2.63. The van der Waals surface area contributed by atoms with Crippen LogP contribution in [0.25, 0.3) is 6.08 Å². The second kappa shape index (κ2) is 3.35. The first-order valence-electron chi connectivity index (χ1n) is 3.53. The summed E-state index contributed by atoms with van der Waals surface area (Å²) in [7, 11) is 0. The van der Waals surface area contributed by atoms with Crippen molar-refractivity contribution in [2.24, 2.45) is 0 Å². The maximum atomic E-state index is 11.2. The highest BCUT2D eigenvalue weighted by molar-refractivity contribution is 8.26. The van der Waals surface area contributed by atoms with Gasteiger partial charge < -0.3 is 9.73 Å². The summed E-state index contributed by atoms with van der Waals surface area (Å²) in [6.07, 6.45) is 4.87. The summed E-state index contributed by atoms with van der Waals surface area (Å²) in [5.41, 5.74) is 0.863. The minimum absolute atomic E-state index is 0.142. The molecule has 2 heterocycles. The fourth-order valence-corrected chi connectivity index (χ4v) is 1.97. The molecule has 0 bridgehead atoms. The zero-order valence-corrected chi connectivity index (χ0v) is 8.08. The van der Waals surface area contributed by atoms with Crippen LogP contribution in [-0.4, -0.2) is 10.2 Å². The van der Waals surface area contributed by atoms with E-state index in [1.807, 2.05) is 0 Å². The number of carbonyl (C=O) groups excluding carboxylic acids is 1. The second-order valence-electron chi connectivity index (χ2n) is 2.41. The van der Waals surface area contributed by atoms with Crippen molar-refractivity contribution in [3.63, 3.8) is 0 Å². The van der Waals surface area contributed by atoms with Crippen molar-refractivity contribution in [1.29, 1.82) is 0 Å². The smallest absolute Gasteiger partial charge is 0.263 e. The van der Waals surface area contributed by atoms with Crippen molar-refractivity contribution in [2.75, 3.05) is 0 Å². The maximum absolute atomic E-state index is 11.2. The first-order valence-corrected chi connectivity index (χ1v) is 4.75. The van der Waals surface area contributed by atoms with Crippen LogP contribution in [-0.2, 0) is 4.79 Å². The number of amides is 1. The lowest BCUT2D eigenvalue weighted by molar-refractivity contribution is -0.115. The van der Waals surface area contributed by atoms with Gasteiger partial charge in [0.05, 0.1) is 17.4 Å². The van der Waals surface area contributed by atoms with E-state index in [-0.39, 0.29) is 5.91 Å². The van der Waals surface area contributed by atoms with Gasteiger partial charge in [-0.05, 0) is 12.1 Å². The van der Waals surface area contributed by atoms with E-state index < -0.39 is 0 Å². The highest BCUT2D eigenvalue weighted by atomic mass is 32.2. The molecule has 1 N–H and O–H groups in total. The molecule has 5 heteroatoms. The summed E-state index contributed by atoms with van der Waals surface area (Å²) >= 11 is 6.10.